The van der Waals surface area contributed by atoms with Crippen molar-refractivity contribution >= 4 is 45.0 Å². The molecule has 1 amide bonds. The number of thiophene rings is 1. The minimum atomic E-state index is -0.160. The molecule has 0 aliphatic carbocycles. The van der Waals surface area contributed by atoms with Crippen LogP contribution in [0.1, 0.15) is 10.4 Å². The lowest BCUT2D eigenvalue weighted by atomic mass is 10.2. The van der Waals surface area contributed by atoms with Gasteiger partial charge in [-0.05, 0) is 35.9 Å². The Kier molecular flexibility index (Phi) is 3.66. The van der Waals surface area contributed by atoms with Gasteiger partial charge in [-0.25, -0.2) is 9.97 Å². The lowest BCUT2D eigenvalue weighted by Gasteiger charge is -2.06. The maximum atomic E-state index is 12.3. The van der Waals surface area contributed by atoms with Crippen molar-refractivity contribution in [3.05, 3.63) is 47.6 Å². The van der Waals surface area contributed by atoms with Gasteiger partial charge >= 0.3 is 0 Å². The normalized spacial score (nSPS) is 10.7. The molecule has 0 saturated carbocycles. The Hall–Kier alpha value is -1.92. The first-order chi connectivity index (χ1) is 9.78. The van der Waals surface area contributed by atoms with E-state index in [4.69, 9.17) is 0 Å². The van der Waals surface area contributed by atoms with Gasteiger partial charge in [-0.2, -0.15) is 0 Å². The molecule has 0 fully saturated rings. The predicted octanol–water partition coefficient (Wildman–Crippen LogP) is 3.67. The fraction of sp³-hybridized carbons (Fsp3) is 0.0714. The van der Waals surface area contributed by atoms with Crippen LogP contribution < -0.4 is 5.32 Å². The van der Waals surface area contributed by atoms with Crippen LogP contribution in [0.25, 0.3) is 10.2 Å². The number of rotatable bonds is 3. The largest absolute Gasteiger partial charge is 0.306 e. The van der Waals surface area contributed by atoms with Gasteiger partial charge in [0.25, 0.3) is 5.91 Å². The highest BCUT2D eigenvalue weighted by Gasteiger charge is 2.10. The highest BCUT2D eigenvalue weighted by molar-refractivity contribution is 7.98. The third-order valence-electron chi connectivity index (χ3n) is 2.83. The first-order valence-electron chi connectivity index (χ1n) is 5.91. The molecular formula is C14H11N3OS2. The van der Waals surface area contributed by atoms with Crippen molar-refractivity contribution in [2.75, 3.05) is 11.6 Å². The smallest absolute Gasteiger partial charge is 0.256 e. The quantitative estimate of drug-likeness (QED) is 0.750. The molecule has 0 aliphatic rings. The van der Waals surface area contributed by atoms with Gasteiger partial charge in [0, 0.05) is 10.5 Å². The van der Waals surface area contributed by atoms with Crippen LogP contribution in [-0.2, 0) is 0 Å². The minimum Gasteiger partial charge on any atom is -0.306 e. The van der Waals surface area contributed by atoms with Crippen LogP contribution in [0, 0.1) is 0 Å². The molecule has 0 spiro atoms. The molecule has 0 bridgehead atoms. The zero-order chi connectivity index (χ0) is 13.9. The van der Waals surface area contributed by atoms with E-state index >= 15 is 0 Å². The Morgan fingerprint density at radius 1 is 1.30 bits per heavy atom. The summed E-state index contributed by atoms with van der Waals surface area (Å²) >= 11 is 3.13. The van der Waals surface area contributed by atoms with Crippen LogP contribution in [0.15, 0.2) is 46.9 Å². The lowest BCUT2D eigenvalue weighted by Crippen LogP contribution is -2.13. The van der Waals surface area contributed by atoms with E-state index in [-0.39, 0.29) is 5.91 Å². The van der Waals surface area contributed by atoms with Crippen molar-refractivity contribution in [3.8, 4) is 0 Å². The van der Waals surface area contributed by atoms with Gasteiger partial charge < -0.3 is 5.32 Å². The number of amides is 1. The van der Waals surface area contributed by atoms with Gasteiger partial charge in [-0.1, -0.05) is 6.07 Å². The molecule has 6 heteroatoms. The van der Waals surface area contributed by atoms with Crippen LogP contribution in [0.2, 0.25) is 0 Å². The van der Waals surface area contributed by atoms with Gasteiger partial charge in [0.2, 0.25) is 0 Å². The monoisotopic (exact) mass is 301 g/mol. The van der Waals surface area contributed by atoms with E-state index in [0.29, 0.717) is 11.4 Å². The molecule has 2 heterocycles. The molecule has 0 unspecified atom stereocenters. The molecule has 2 aromatic heterocycles. The number of aromatic nitrogens is 2. The Morgan fingerprint density at radius 2 is 2.20 bits per heavy atom. The minimum absolute atomic E-state index is 0.160. The summed E-state index contributed by atoms with van der Waals surface area (Å²) in [6, 6.07) is 9.42. The number of carbonyl (C=O) groups excluding carboxylic acids is 1. The molecule has 0 atom stereocenters. The van der Waals surface area contributed by atoms with Crippen molar-refractivity contribution in [2.24, 2.45) is 0 Å². The fourth-order valence-electron chi connectivity index (χ4n) is 1.83. The van der Waals surface area contributed by atoms with Crippen molar-refractivity contribution < 1.29 is 4.79 Å². The van der Waals surface area contributed by atoms with Gasteiger partial charge in [0.1, 0.15) is 17.0 Å². The Bertz CT molecular complexity index is 770. The summed E-state index contributed by atoms with van der Waals surface area (Å²) in [5.74, 6) is 0.392. The highest BCUT2D eigenvalue weighted by atomic mass is 32.2. The molecule has 0 aliphatic heterocycles. The second-order valence-corrected chi connectivity index (χ2v) is 5.82. The Morgan fingerprint density at radius 3 is 3.05 bits per heavy atom. The molecule has 20 heavy (non-hydrogen) atoms. The second kappa shape index (κ2) is 5.60. The molecule has 3 rings (SSSR count). The Balaban J connectivity index is 1.90. The summed E-state index contributed by atoms with van der Waals surface area (Å²) in [5.41, 5.74) is 0.624. The van der Waals surface area contributed by atoms with Crippen LogP contribution in [-0.4, -0.2) is 22.1 Å². The molecule has 0 radical (unpaired) electrons. The third-order valence-corrected chi connectivity index (χ3v) is 4.37. The van der Waals surface area contributed by atoms with E-state index in [1.165, 1.54) is 17.7 Å². The first kappa shape index (κ1) is 13.1. The van der Waals surface area contributed by atoms with Crippen LogP contribution in [0.4, 0.5) is 5.82 Å². The number of thioether (sulfide) groups is 1. The Labute approximate surface area is 124 Å². The first-order valence-corrected chi connectivity index (χ1v) is 8.02. The van der Waals surface area contributed by atoms with E-state index in [1.807, 2.05) is 35.9 Å². The molecular weight excluding hydrogens is 290 g/mol. The van der Waals surface area contributed by atoms with E-state index in [2.05, 4.69) is 15.3 Å². The zero-order valence-corrected chi connectivity index (χ0v) is 12.3. The summed E-state index contributed by atoms with van der Waals surface area (Å²) < 4.78 is 0. The number of anilines is 1. The number of benzene rings is 1. The molecule has 3 aromatic rings. The average Bonchev–Trinajstić information content (AvgIpc) is 2.97. The van der Waals surface area contributed by atoms with Crippen LogP contribution in [0.5, 0.6) is 0 Å². The van der Waals surface area contributed by atoms with E-state index in [9.17, 15) is 4.79 Å². The van der Waals surface area contributed by atoms with Gasteiger partial charge in [0.15, 0.2) is 0 Å². The second-order valence-electron chi connectivity index (χ2n) is 4.05. The number of nitrogens with one attached hydrogen (secondary N) is 1. The van der Waals surface area contributed by atoms with Gasteiger partial charge in [-0.3, -0.25) is 4.79 Å². The van der Waals surface area contributed by atoms with E-state index in [1.54, 1.807) is 17.8 Å². The van der Waals surface area contributed by atoms with Crippen molar-refractivity contribution in [2.45, 2.75) is 4.90 Å². The zero-order valence-electron chi connectivity index (χ0n) is 10.7. The molecule has 1 N–H and O–H groups in total. The highest BCUT2D eigenvalue weighted by Crippen LogP contribution is 2.24. The number of nitrogens with zero attached hydrogens (tertiary/aromatic N) is 2. The van der Waals surface area contributed by atoms with Crippen LogP contribution in [0.3, 0.4) is 0 Å². The average molecular weight is 301 g/mol. The van der Waals surface area contributed by atoms with Gasteiger partial charge in [0.05, 0.1) is 5.39 Å². The maximum absolute atomic E-state index is 12.3. The lowest BCUT2D eigenvalue weighted by molar-refractivity contribution is 0.102. The van der Waals surface area contributed by atoms with Crippen LogP contribution >= 0.6 is 23.1 Å². The summed E-state index contributed by atoms with van der Waals surface area (Å²) in [7, 11) is 0. The predicted molar refractivity (Wildman–Crippen MR) is 83.6 cm³/mol. The molecule has 4 nitrogen and oxygen atoms in total. The number of hydrogen-bond donors (Lipinski definition) is 1. The van der Waals surface area contributed by atoms with Gasteiger partial charge in [-0.15, -0.1) is 23.1 Å². The number of hydrogen-bond acceptors (Lipinski definition) is 5. The molecule has 0 saturated heterocycles. The summed E-state index contributed by atoms with van der Waals surface area (Å²) in [4.78, 5) is 22.5. The maximum Gasteiger partial charge on any atom is 0.256 e. The van der Waals surface area contributed by atoms with E-state index < -0.39 is 0 Å². The topological polar surface area (TPSA) is 54.9 Å². The molecule has 100 valence electrons. The summed E-state index contributed by atoms with van der Waals surface area (Å²) in [6.07, 6.45) is 3.45. The number of fused-ring (bicyclic) bond motifs is 1. The summed E-state index contributed by atoms with van der Waals surface area (Å²) in [5, 5.41) is 5.65. The standard InChI is InChI=1S/C14H11N3OS2/c1-19-10-4-2-3-9(7-10)13(18)17-12-11-5-6-20-14(11)16-8-15-12/h2-8H,1H3,(H,15,16,17,18). The number of carbonyl (C=O) groups is 1. The van der Waals surface area contributed by atoms with Crippen molar-refractivity contribution in [1.82, 2.24) is 9.97 Å². The fourth-order valence-corrected chi connectivity index (χ4v) is 3.03. The van der Waals surface area contributed by atoms with Crippen molar-refractivity contribution in [1.29, 1.82) is 0 Å². The van der Waals surface area contributed by atoms with Crippen molar-refractivity contribution in [3.63, 3.8) is 0 Å². The molecule has 1 aromatic carbocycles. The third kappa shape index (κ3) is 2.52. The van der Waals surface area contributed by atoms with E-state index in [0.717, 1.165) is 15.1 Å². The summed E-state index contributed by atoms with van der Waals surface area (Å²) in [6.45, 7) is 0. The SMILES string of the molecule is CSc1cccc(C(=O)Nc2ncnc3sccc23)c1.